The third-order valence-electron chi connectivity index (χ3n) is 3.20. The lowest BCUT2D eigenvalue weighted by Crippen LogP contribution is -2.12. The summed E-state index contributed by atoms with van der Waals surface area (Å²) in [6, 6.07) is 13.0. The van der Waals surface area contributed by atoms with Crippen LogP contribution < -0.4 is 4.72 Å². The molecule has 6 nitrogen and oxygen atoms in total. The Labute approximate surface area is 156 Å². The molecule has 9 heteroatoms. The summed E-state index contributed by atoms with van der Waals surface area (Å²) in [5, 5.41) is 9.56. The van der Waals surface area contributed by atoms with E-state index in [4.69, 9.17) is 5.11 Å². The van der Waals surface area contributed by atoms with Gasteiger partial charge in [-0.2, -0.15) is 0 Å². The fourth-order valence-corrected chi connectivity index (χ4v) is 4.48. The van der Waals surface area contributed by atoms with Crippen LogP contribution in [0.2, 0.25) is 0 Å². The molecule has 3 aromatic rings. The van der Waals surface area contributed by atoms with Crippen LogP contribution in [0.25, 0.3) is 10.6 Å². The Bertz CT molecular complexity index is 1030. The molecule has 0 aliphatic rings. The normalized spacial score (nSPS) is 11.2. The minimum Gasteiger partial charge on any atom is -0.478 e. The predicted octanol–water partition coefficient (Wildman–Crippen LogP) is 4.07. The molecule has 0 aliphatic heterocycles. The third kappa shape index (κ3) is 4.06. The fraction of sp³-hybridized carbons (Fsp3) is 0. The van der Waals surface area contributed by atoms with Crippen LogP contribution in [0.3, 0.4) is 0 Å². The zero-order valence-electron chi connectivity index (χ0n) is 12.5. The minimum absolute atomic E-state index is 0.0000519. The number of benzene rings is 2. The highest BCUT2D eigenvalue weighted by Crippen LogP contribution is 2.30. The first-order valence-corrected chi connectivity index (χ1v) is 10.0. The fourth-order valence-electron chi connectivity index (χ4n) is 2.03. The number of aromatic nitrogens is 1. The molecule has 1 heterocycles. The zero-order valence-corrected chi connectivity index (χ0v) is 15.7. The van der Waals surface area contributed by atoms with E-state index in [9.17, 15) is 13.2 Å². The van der Waals surface area contributed by atoms with Crippen molar-refractivity contribution in [1.82, 2.24) is 4.98 Å². The molecule has 0 saturated heterocycles. The number of carboxylic acids is 1. The maximum atomic E-state index is 12.5. The number of sulfonamides is 1. The van der Waals surface area contributed by atoms with Gasteiger partial charge in [0.1, 0.15) is 5.01 Å². The molecule has 25 heavy (non-hydrogen) atoms. The lowest BCUT2D eigenvalue weighted by molar-refractivity contribution is 0.0697. The first-order valence-electron chi connectivity index (χ1n) is 6.93. The van der Waals surface area contributed by atoms with Crippen molar-refractivity contribution in [3.8, 4) is 10.6 Å². The number of anilines is 1. The Balaban J connectivity index is 1.87. The van der Waals surface area contributed by atoms with Crippen LogP contribution in [-0.4, -0.2) is 24.5 Å². The maximum absolute atomic E-state index is 12.5. The number of hydrogen-bond donors (Lipinski definition) is 2. The van der Waals surface area contributed by atoms with Gasteiger partial charge in [0, 0.05) is 15.7 Å². The summed E-state index contributed by atoms with van der Waals surface area (Å²) in [6.07, 6.45) is 1.28. The number of aromatic carboxylic acids is 1. The number of thiazole rings is 1. The molecule has 0 saturated carbocycles. The topological polar surface area (TPSA) is 96.4 Å². The van der Waals surface area contributed by atoms with E-state index < -0.39 is 16.0 Å². The predicted molar refractivity (Wildman–Crippen MR) is 99.5 cm³/mol. The van der Waals surface area contributed by atoms with E-state index in [1.807, 2.05) is 24.3 Å². The molecule has 0 spiro atoms. The molecule has 0 fully saturated rings. The van der Waals surface area contributed by atoms with Gasteiger partial charge >= 0.3 is 5.97 Å². The summed E-state index contributed by atoms with van der Waals surface area (Å²) in [5.74, 6) is -1.13. The third-order valence-corrected chi connectivity index (χ3v) is 6.62. The smallest absolute Gasteiger partial charge is 0.335 e. The summed E-state index contributed by atoms with van der Waals surface area (Å²) < 4.78 is 28.3. The van der Waals surface area contributed by atoms with Gasteiger partial charge < -0.3 is 5.11 Å². The van der Waals surface area contributed by atoms with E-state index in [0.717, 1.165) is 21.4 Å². The second kappa shape index (κ2) is 6.95. The quantitative estimate of drug-likeness (QED) is 0.625. The molecule has 128 valence electrons. The van der Waals surface area contributed by atoms with Crippen molar-refractivity contribution in [2.75, 3.05) is 4.72 Å². The zero-order chi connectivity index (χ0) is 18.0. The van der Waals surface area contributed by atoms with Gasteiger partial charge in [-0.05, 0) is 30.3 Å². The number of carbonyl (C=O) groups is 1. The molecule has 0 amide bonds. The van der Waals surface area contributed by atoms with Crippen molar-refractivity contribution in [1.29, 1.82) is 0 Å². The van der Waals surface area contributed by atoms with Gasteiger partial charge in [0.15, 0.2) is 4.21 Å². The van der Waals surface area contributed by atoms with Crippen molar-refractivity contribution in [2.24, 2.45) is 0 Å². The second-order valence-corrected chi connectivity index (χ2v) is 8.84. The van der Waals surface area contributed by atoms with Crippen LogP contribution in [0.1, 0.15) is 10.4 Å². The Kier molecular flexibility index (Phi) is 4.89. The van der Waals surface area contributed by atoms with E-state index in [1.165, 1.54) is 30.5 Å². The lowest BCUT2D eigenvalue weighted by Gasteiger charge is -2.06. The molecule has 0 aliphatic carbocycles. The SMILES string of the molecule is O=C(O)c1cccc(NS(=O)(=O)c2cnc(-c3ccc(Br)cc3)s2)c1. The largest absolute Gasteiger partial charge is 0.478 e. The number of rotatable bonds is 5. The van der Waals surface area contributed by atoms with Gasteiger partial charge in [-0.15, -0.1) is 11.3 Å². The van der Waals surface area contributed by atoms with Crippen molar-refractivity contribution in [3.05, 3.63) is 64.8 Å². The van der Waals surface area contributed by atoms with Crippen LogP contribution >= 0.6 is 27.3 Å². The molecule has 2 N–H and O–H groups in total. The molecule has 0 atom stereocenters. The second-order valence-electron chi connectivity index (χ2n) is 4.98. The maximum Gasteiger partial charge on any atom is 0.335 e. The van der Waals surface area contributed by atoms with Crippen molar-refractivity contribution >= 4 is 48.9 Å². The van der Waals surface area contributed by atoms with Crippen LogP contribution in [0.4, 0.5) is 5.69 Å². The van der Waals surface area contributed by atoms with Crippen LogP contribution in [0.5, 0.6) is 0 Å². The molecule has 2 aromatic carbocycles. The molecular weight excluding hydrogens is 428 g/mol. The average molecular weight is 439 g/mol. The summed E-state index contributed by atoms with van der Waals surface area (Å²) in [7, 11) is -3.85. The molecule has 0 bridgehead atoms. The number of nitrogens with one attached hydrogen (secondary N) is 1. The lowest BCUT2D eigenvalue weighted by atomic mass is 10.2. The standard InChI is InChI=1S/C16H11BrN2O4S2/c17-12-6-4-10(5-7-12)15-18-9-14(24-15)25(22,23)19-13-3-1-2-11(8-13)16(20)21/h1-9,19H,(H,20,21). The van der Waals surface area contributed by atoms with Crippen molar-refractivity contribution in [2.45, 2.75) is 4.21 Å². The van der Waals surface area contributed by atoms with Crippen LogP contribution in [0, 0.1) is 0 Å². The first kappa shape index (κ1) is 17.6. The van der Waals surface area contributed by atoms with Crippen LogP contribution in [0.15, 0.2) is 63.4 Å². The van der Waals surface area contributed by atoms with Gasteiger partial charge in [-0.3, -0.25) is 4.72 Å². The van der Waals surface area contributed by atoms with Gasteiger partial charge in [-0.1, -0.05) is 34.1 Å². The van der Waals surface area contributed by atoms with E-state index >= 15 is 0 Å². The van der Waals surface area contributed by atoms with Crippen molar-refractivity contribution < 1.29 is 18.3 Å². The number of nitrogens with zero attached hydrogens (tertiary/aromatic N) is 1. The van der Waals surface area contributed by atoms with Gasteiger partial charge in [-0.25, -0.2) is 18.2 Å². The summed E-state index contributed by atoms with van der Waals surface area (Å²) in [4.78, 5) is 15.1. The highest BCUT2D eigenvalue weighted by atomic mass is 79.9. The van der Waals surface area contributed by atoms with E-state index in [-0.39, 0.29) is 15.5 Å². The molecule has 3 rings (SSSR count). The van der Waals surface area contributed by atoms with Gasteiger partial charge in [0.25, 0.3) is 10.0 Å². The summed E-state index contributed by atoms with van der Waals surface area (Å²) >= 11 is 4.38. The molecule has 1 aromatic heterocycles. The van der Waals surface area contributed by atoms with Gasteiger partial charge in [0.05, 0.1) is 11.8 Å². The first-order chi connectivity index (χ1) is 11.8. The Morgan fingerprint density at radius 2 is 1.88 bits per heavy atom. The van der Waals surface area contributed by atoms with E-state index in [2.05, 4.69) is 25.6 Å². The molecule has 0 radical (unpaired) electrons. The highest BCUT2D eigenvalue weighted by molar-refractivity contribution is 9.10. The highest BCUT2D eigenvalue weighted by Gasteiger charge is 2.19. The average Bonchev–Trinajstić information content (AvgIpc) is 3.06. The Hall–Kier alpha value is -2.23. The Morgan fingerprint density at radius 1 is 1.16 bits per heavy atom. The number of carboxylic acid groups (broad SMARTS) is 1. The number of halogens is 1. The minimum atomic E-state index is -3.85. The van der Waals surface area contributed by atoms with Crippen LogP contribution in [-0.2, 0) is 10.0 Å². The van der Waals surface area contributed by atoms with Gasteiger partial charge in [0.2, 0.25) is 0 Å². The Morgan fingerprint density at radius 3 is 2.56 bits per heavy atom. The molecular formula is C16H11BrN2O4S2. The van der Waals surface area contributed by atoms with E-state index in [1.54, 1.807) is 0 Å². The van der Waals surface area contributed by atoms with Crippen molar-refractivity contribution in [3.63, 3.8) is 0 Å². The molecule has 0 unspecified atom stereocenters. The summed E-state index contributed by atoms with van der Waals surface area (Å²) in [5.41, 5.74) is 0.987. The summed E-state index contributed by atoms with van der Waals surface area (Å²) in [6.45, 7) is 0. The monoisotopic (exact) mass is 438 g/mol. The number of hydrogen-bond acceptors (Lipinski definition) is 5. The van der Waals surface area contributed by atoms with E-state index in [0.29, 0.717) is 5.01 Å².